The van der Waals surface area contributed by atoms with Crippen molar-refractivity contribution < 1.29 is 19.4 Å². The molecule has 0 spiro atoms. The number of allylic oxidation sites excluding steroid dienone is 1. The van der Waals surface area contributed by atoms with Gasteiger partial charge in [0, 0.05) is 6.92 Å². The summed E-state index contributed by atoms with van der Waals surface area (Å²) in [6, 6.07) is 0. The van der Waals surface area contributed by atoms with E-state index in [0.29, 0.717) is 0 Å². The van der Waals surface area contributed by atoms with E-state index in [2.05, 4.69) is 4.74 Å². The van der Waals surface area contributed by atoms with Gasteiger partial charge in [-0.2, -0.15) is 0 Å². The molecule has 0 aliphatic carbocycles. The zero-order chi connectivity index (χ0) is 10.6. The van der Waals surface area contributed by atoms with Crippen LogP contribution >= 0.6 is 0 Å². The average molecular weight is 190 g/mol. The number of esters is 1. The Bertz CT molecular complexity index is 293. The van der Waals surface area contributed by atoms with Crippen molar-refractivity contribution in [1.29, 1.82) is 0 Å². The third-order valence-electron chi connectivity index (χ3n) is 1.18. The highest BCUT2D eigenvalue weighted by molar-refractivity contribution is 5.85. The SMILES string of the molecule is COC(=O)/C(=C(/C)[N+](=O)[O-])[N+](=O)[O-]. The van der Waals surface area contributed by atoms with Crippen molar-refractivity contribution in [2.24, 2.45) is 0 Å². The van der Waals surface area contributed by atoms with Gasteiger partial charge < -0.3 is 4.74 Å². The van der Waals surface area contributed by atoms with Crippen LogP contribution in [0.15, 0.2) is 11.4 Å². The predicted molar refractivity (Wildman–Crippen MR) is 38.7 cm³/mol. The maximum Gasteiger partial charge on any atom is 0.424 e. The molecule has 0 saturated carbocycles. The Hall–Kier alpha value is -1.99. The number of nitrogens with zero attached hydrogens (tertiary/aromatic N) is 2. The van der Waals surface area contributed by atoms with E-state index in [0.717, 1.165) is 14.0 Å². The predicted octanol–water partition coefficient (Wildman–Crippen LogP) is -0.0557. The van der Waals surface area contributed by atoms with E-state index in [9.17, 15) is 25.0 Å². The quantitative estimate of drug-likeness (QED) is 0.266. The fraction of sp³-hybridized carbons (Fsp3) is 0.400. The summed E-state index contributed by atoms with van der Waals surface area (Å²) < 4.78 is 4.00. The molecule has 8 heteroatoms. The van der Waals surface area contributed by atoms with E-state index >= 15 is 0 Å². The van der Waals surface area contributed by atoms with Crippen LogP contribution in [0.1, 0.15) is 6.92 Å². The summed E-state index contributed by atoms with van der Waals surface area (Å²) in [4.78, 5) is 28.8. The molecule has 0 radical (unpaired) electrons. The first kappa shape index (κ1) is 11.0. The molecule has 0 saturated heterocycles. The van der Waals surface area contributed by atoms with E-state index in [1.807, 2.05) is 0 Å². The minimum Gasteiger partial charge on any atom is -0.461 e. The second-order valence-electron chi connectivity index (χ2n) is 1.94. The molecular weight excluding hydrogens is 184 g/mol. The minimum atomic E-state index is -1.33. The van der Waals surface area contributed by atoms with Crippen molar-refractivity contribution in [2.75, 3.05) is 7.11 Å². The third-order valence-corrected chi connectivity index (χ3v) is 1.18. The largest absolute Gasteiger partial charge is 0.461 e. The van der Waals surface area contributed by atoms with Crippen molar-refractivity contribution in [3.8, 4) is 0 Å². The highest BCUT2D eigenvalue weighted by atomic mass is 16.6. The van der Waals surface area contributed by atoms with E-state index in [1.165, 1.54) is 0 Å². The normalized spacial score (nSPS) is 11.5. The molecule has 0 fully saturated rings. The molecule has 8 nitrogen and oxygen atoms in total. The van der Waals surface area contributed by atoms with E-state index in [1.54, 1.807) is 0 Å². The second kappa shape index (κ2) is 4.14. The van der Waals surface area contributed by atoms with Gasteiger partial charge in [0.15, 0.2) is 0 Å². The van der Waals surface area contributed by atoms with Crippen LogP contribution in [0.25, 0.3) is 0 Å². The number of carbonyl (C=O) groups is 1. The molecule has 0 aromatic rings. The van der Waals surface area contributed by atoms with E-state index in [-0.39, 0.29) is 0 Å². The van der Waals surface area contributed by atoms with E-state index < -0.39 is 27.2 Å². The van der Waals surface area contributed by atoms with Crippen molar-refractivity contribution in [3.05, 3.63) is 31.6 Å². The molecule has 13 heavy (non-hydrogen) atoms. The molecular formula is C5H6N2O6. The Morgan fingerprint density at radius 1 is 1.23 bits per heavy atom. The zero-order valence-electron chi connectivity index (χ0n) is 6.84. The van der Waals surface area contributed by atoms with Gasteiger partial charge >= 0.3 is 17.4 Å². The first-order valence-electron chi connectivity index (χ1n) is 2.99. The molecule has 0 N–H and O–H groups in total. The standard InChI is InChI=1S/C5H6N2O6/c1-3(6(9)10)4(7(11)12)5(8)13-2/h1-2H3/b4-3+. The molecule has 0 unspecified atom stereocenters. The molecule has 0 aliphatic rings. The van der Waals surface area contributed by atoms with Crippen molar-refractivity contribution in [3.63, 3.8) is 0 Å². The summed E-state index contributed by atoms with van der Waals surface area (Å²) in [7, 11) is 0.902. The number of hydrogen-bond donors (Lipinski definition) is 0. The minimum absolute atomic E-state index is 0.850. The van der Waals surface area contributed by atoms with Crippen LogP contribution in [0.5, 0.6) is 0 Å². The number of hydrogen-bond acceptors (Lipinski definition) is 6. The Labute approximate surface area is 72.1 Å². The van der Waals surface area contributed by atoms with Crippen LogP contribution in [0, 0.1) is 20.2 Å². The van der Waals surface area contributed by atoms with Crippen molar-refractivity contribution in [1.82, 2.24) is 0 Å². The van der Waals surface area contributed by atoms with Crippen LogP contribution in [0.2, 0.25) is 0 Å². The summed E-state index contributed by atoms with van der Waals surface area (Å²) >= 11 is 0. The second-order valence-corrected chi connectivity index (χ2v) is 1.94. The summed E-state index contributed by atoms with van der Waals surface area (Å²) in [6.45, 7) is 0.856. The Morgan fingerprint density at radius 3 is 1.92 bits per heavy atom. The molecule has 0 atom stereocenters. The van der Waals surface area contributed by atoms with Gasteiger partial charge in [-0.3, -0.25) is 20.2 Å². The third kappa shape index (κ3) is 2.51. The molecule has 0 rings (SSSR count). The molecule has 0 amide bonds. The van der Waals surface area contributed by atoms with E-state index in [4.69, 9.17) is 0 Å². The lowest BCUT2D eigenvalue weighted by atomic mass is 10.3. The van der Waals surface area contributed by atoms with Crippen LogP contribution in [-0.4, -0.2) is 22.9 Å². The first-order chi connectivity index (χ1) is 5.91. The van der Waals surface area contributed by atoms with Gasteiger partial charge in [0.1, 0.15) is 0 Å². The topological polar surface area (TPSA) is 113 Å². The number of rotatable bonds is 3. The summed E-state index contributed by atoms with van der Waals surface area (Å²) in [5.74, 6) is -1.33. The molecule has 0 aromatic carbocycles. The molecule has 0 aromatic heterocycles. The Kier molecular flexibility index (Phi) is 3.51. The Morgan fingerprint density at radius 2 is 1.69 bits per heavy atom. The monoisotopic (exact) mass is 190 g/mol. The Balaban J connectivity index is 5.25. The lowest BCUT2D eigenvalue weighted by molar-refractivity contribution is -0.467. The molecule has 0 bridgehead atoms. The maximum atomic E-state index is 10.7. The van der Waals surface area contributed by atoms with Gasteiger partial charge in [0.2, 0.25) is 0 Å². The van der Waals surface area contributed by atoms with Gasteiger partial charge in [-0.1, -0.05) is 0 Å². The van der Waals surface area contributed by atoms with Crippen LogP contribution in [-0.2, 0) is 9.53 Å². The zero-order valence-corrected chi connectivity index (χ0v) is 6.84. The van der Waals surface area contributed by atoms with Gasteiger partial charge in [0.05, 0.1) is 17.0 Å². The first-order valence-corrected chi connectivity index (χ1v) is 2.99. The number of methoxy groups -OCH3 is 1. The fourth-order valence-corrected chi connectivity index (χ4v) is 0.537. The summed E-state index contributed by atoms with van der Waals surface area (Å²) in [6.07, 6.45) is 0. The highest BCUT2D eigenvalue weighted by Crippen LogP contribution is 2.07. The smallest absolute Gasteiger partial charge is 0.424 e. The van der Waals surface area contributed by atoms with Crippen molar-refractivity contribution in [2.45, 2.75) is 6.92 Å². The maximum absolute atomic E-state index is 10.7. The lowest BCUT2D eigenvalue weighted by Crippen LogP contribution is -2.17. The molecule has 0 aliphatic heterocycles. The molecule has 72 valence electrons. The van der Waals surface area contributed by atoms with Crippen LogP contribution in [0.4, 0.5) is 0 Å². The summed E-state index contributed by atoms with van der Waals surface area (Å²) in [5.41, 5.74) is -2.01. The van der Waals surface area contributed by atoms with Crippen LogP contribution < -0.4 is 0 Å². The lowest BCUT2D eigenvalue weighted by Gasteiger charge is -1.95. The number of carbonyl (C=O) groups excluding carboxylic acids is 1. The average Bonchev–Trinajstić information content (AvgIpc) is 2.03. The van der Waals surface area contributed by atoms with Gasteiger partial charge in [-0.15, -0.1) is 0 Å². The number of ether oxygens (including phenoxy) is 1. The number of nitro groups is 2. The highest BCUT2D eigenvalue weighted by Gasteiger charge is 2.33. The molecule has 0 heterocycles. The summed E-state index contributed by atoms with van der Waals surface area (Å²) in [5, 5.41) is 20.3. The van der Waals surface area contributed by atoms with Gasteiger partial charge in [-0.25, -0.2) is 4.79 Å². The van der Waals surface area contributed by atoms with Crippen LogP contribution in [0.3, 0.4) is 0 Å². The van der Waals surface area contributed by atoms with Gasteiger partial charge in [-0.05, 0) is 0 Å². The fourth-order valence-electron chi connectivity index (χ4n) is 0.537. The van der Waals surface area contributed by atoms with Crippen molar-refractivity contribution >= 4 is 5.97 Å². The van der Waals surface area contributed by atoms with Gasteiger partial charge in [0.25, 0.3) is 0 Å².